The number of hydrogen-bond donors (Lipinski definition) is 0. The monoisotopic (exact) mass is 272 g/mol. The summed E-state index contributed by atoms with van der Waals surface area (Å²) >= 11 is 3.24. The molecule has 0 radical (unpaired) electrons. The van der Waals surface area contributed by atoms with Crippen molar-refractivity contribution < 1.29 is 4.74 Å². The van der Waals surface area contributed by atoms with Gasteiger partial charge in [0.15, 0.2) is 5.75 Å². The number of rotatable bonds is 2. The fourth-order valence-electron chi connectivity index (χ4n) is 1.98. The fourth-order valence-corrected chi connectivity index (χ4v) is 2.43. The molecule has 4 nitrogen and oxygen atoms in total. The van der Waals surface area contributed by atoms with E-state index in [1.807, 2.05) is 0 Å². The molecule has 1 fully saturated rings. The van der Waals surface area contributed by atoms with Crippen LogP contribution in [0.4, 0.5) is 0 Å². The van der Waals surface area contributed by atoms with Crippen LogP contribution in [0.3, 0.4) is 0 Å². The number of nitrogens with zero attached hydrogens (tertiary/aromatic N) is 2. The Balaban J connectivity index is 2.41. The second kappa shape index (κ2) is 4.35. The molecule has 1 saturated carbocycles. The lowest BCUT2D eigenvalue weighted by atomic mass is 10.2. The highest BCUT2D eigenvalue weighted by molar-refractivity contribution is 9.10. The molecule has 0 unspecified atom stereocenters. The van der Waals surface area contributed by atoms with Crippen molar-refractivity contribution >= 4 is 15.9 Å². The smallest absolute Gasteiger partial charge is 0.285 e. The molecular weight excluding hydrogens is 260 g/mol. The van der Waals surface area contributed by atoms with E-state index in [0.717, 1.165) is 12.8 Å². The van der Waals surface area contributed by atoms with Gasteiger partial charge in [-0.3, -0.25) is 4.79 Å². The van der Waals surface area contributed by atoms with Gasteiger partial charge in [-0.1, -0.05) is 12.8 Å². The van der Waals surface area contributed by atoms with Gasteiger partial charge in [-0.2, -0.15) is 5.10 Å². The predicted molar refractivity (Wildman–Crippen MR) is 60.3 cm³/mol. The first kappa shape index (κ1) is 10.7. The van der Waals surface area contributed by atoms with Crippen LogP contribution in [0.25, 0.3) is 0 Å². The van der Waals surface area contributed by atoms with Crippen LogP contribution in [0.2, 0.25) is 0 Å². The van der Waals surface area contributed by atoms with Crippen LogP contribution in [0.1, 0.15) is 31.7 Å². The van der Waals surface area contributed by atoms with E-state index < -0.39 is 0 Å². The third-order valence-corrected chi connectivity index (χ3v) is 3.53. The second-order valence-corrected chi connectivity index (χ2v) is 4.51. The van der Waals surface area contributed by atoms with Crippen molar-refractivity contribution in [3.8, 4) is 5.75 Å². The SMILES string of the molecule is COc1cnn(C2CCCC2)c(=O)c1Br. The summed E-state index contributed by atoms with van der Waals surface area (Å²) in [6.07, 6.45) is 6.05. The van der Waals surface area contributed by atoms with E-state index >= 15 is 0 Å². The van der Waals surface area contributed by atoms with Gasteiger partial charge in [0.1, 0.15) is 4.47 Å². The summed E-state index contributed by atoms with van der Waals surface area (Å²) in [5.41, 5.74) is -0.0961. The van der Waals surface area contributed by atoms with E-state index in [1.54, 1.807) is 10.9 Å². The third-order valence-electron chi connectivity index (χ3n) is 2.80. The molecule has 0 bridgehead atoms. The predicted octanol–water partition coefficient (Wildman–Crippen LogP) is 2.13. The Labute approximate surface area is 96.4 Å². The van der Waals surface area contributed by atoms with Crippen LogP contribution < -0.4 is 10.3 Å². The van der Waals surface area contributed by atoms with Crippen LogP contribution in [0.15, 0.2) is 15.5 Å². The van der Waals surface area contributed by atoms with E-state index in [1.165, 1.54) is 20.0 Å². The molecule has 5 heteroatoms. The Morgan fingerprint density at radius 2 is 2.20 bits per heavy atom. The van der Waals surface area contributed by atoms with Crippen LogP contribution in [0.5, 0.6) is 5.75 Å². The normalized spacial score (nSPS) is 16.9. The number of hydrogen-bond acceptors (Lipinski definition) is 3. The number of halogens is 1. The summed E-state index contributed by atoms with van der Waals surface area (Å²) < 4.78 is 7.05. The Bertz CT molecular complexity index is 410. The minimum absolute atomic E-state index is 0.0961. The first-order valence-electron chi connectivity index (χ1n) is 5.05. The molecule has 82 valence electrons. The molecule has 1 aromatic rings. The summed E-state index contributed by atoms with van der Waals surface area (Å²) in [6, 6.07) is 0.264. The molecule has 0 aliphatic heterocycles. The molecule has 15 heavy (non-hydrogen) atoms. The lowest BCUT2D eigenvalue weighted by molar-refractivity contribution is 0.389. The van der Waals surface area contributed by atoms with E-state index in [4.69, 9.17) is 4.74 Å². The van der Waals surface area contributed by atoms with Crippen molar-refractivity contribution in [3.63, 3.8) is 0 Å². The average molecular weight is 273 g/mol. The van der Waals surface area contributed by atoms with Crippen molar-refractivity contribution in [3.05, 3.63) is 21.0 Å². The van der Waals surface area contributed by atoms with Crippen LogP contribution in [-0.2, 0) is 0 Å². The van der Waals surface area contributed by atoms with E-state index in [2.05, 4.69) is 21.0 Å². The highest BCUT2D eigenvalue weighted by Gasteiger charge is 2.20. The van der Waals surface area contributed by atoms with E-state index in [-0.39, 0.29) is 11.6 Å². The molecule has 1 aliphatic rings. The van der Waals surface area contributed by atoms with Crippen molar-refractivity contribution in [1.82, 2.24) is 9.78 Å². The van der Waals surface area contributed by atoms with Crippen LogP contribution in [-0.4, -0.2) is 16.9 Å². The third kappa shape index (κ3) is 1.93. The lowest BCUT2D eigenvalue weighted by Gasteiger charge is -2.12. The number of aromatic nitrogens is 2. The maximum atomic E-state index is 11.9. The van der Waals surface area contributed by atoms with Crippen LogP contribution >= 0.6 is 15.9 Å². The Morgan fingerprint density at radius 3 is 2.80 bits per heavy atom. The molecule has 1 aliphatic carbocycles. The van der Waals surface area contributed by atoms with Gasteiger partial charge in [-0.25, -0.2) is 4.68 Å². The zero-order valence-electron chi connectivity index (χ0n) is 8.57. The van der Waals surface area contributed by atoms with Gasteiger partial charge in [-0.15, -0.1) is 0 Å². The molecular formula is C10H13BrN2O2. The summed E-state index contributed by atoms with van der Waals surface area (Å²) in [7, 11) is 1.53. The first-order chi connectivity index (χ1) is 7.24. The molecule has 0 saturated heterocycles. The number of ether oxygens (including phenoxy) is 1. The molecule has 0 aromatic carbocycles. The van der Waals surface area contributed by atoms with Crippen molar-refractivity contribution in [2.75, 3.05) is 7.11 Å². The molecule has 0 atom stereocenters. The van der Waals surface area contributed by atoms with Gasteiger partial charge in [0.2, 0.25) is 0 Å². The van der Waals surface area contributed by atoms with E-state index in [0.29, 0.717) is 10.2 Å². The van der Waals surface area contributed by atoms with Gasteiger partial charge in [0.05, 0.1) is 19.3 Å². The number of methoxy groups -OCH3 is 1. The van der Waals surface area contributed by atoms with Crippen molar-refractivity contribution in [1.29, 1.82) is 0 Å². The topological polar surface area (TPSA) is 44.1 Å². The molecule has 2 rings (SSSR count). The highest BCUT2D eigenvalue weighted by Crippen LogP contribution is 2.28. The van der Waals surface area contributed by atoms with E-state index in [9.17, 15) is 4.79 Å². The van der Waals surface area contributed by atoms with Gasteiger partial charge >= 0.3 is 0 Å². The second-order valence-electron chi connectivity index (χ2n) is 3.71. The summed E-state index contributed by atoms with van der Waals surface area (Å²) in [5, 5.41) is 4.14. The molecule has 1 aromatic heterocycles. The summed E-state index contributed by atoms with van der Waals surface area (Å²) in [4.78, 5) is 11.9. The molecule has 0 N–H and O–H groups in total. The first-order valence-corrected chi connectivity index (χ1v) is 5.84. The Hall–Kier alpha value is -0.840. The van der Waals surface area contributed by atoms with Gasteiger partial charge in [0.25, 0.3) is 5.56 Å². The van der Waals surface area contributed by atoms with Crippen molar-refractivity contribution in [2.24, 2.45) is 0 Å². The highest BCUT2D eigenvalue weighted by atomic mass is 79.9. The summed E-state index contributed by atoms with van der Waals surface area (Å²) in [5.74, 6) is 0.495. The maximum absolute atomic E-state index is 11.9. The molecule has 0 amide bonds. The van der Waals surface area contributed by atoms with Crippen LogP contribution in [0, 0.1) is 0 Å². The zero-order chi connectivity index (χ0) is 10.8. The minimum Gasteiger partial charge on any atom is -0.494 e. The quantitative estimate of drug-likeness (QED) is 0.829. The molecule has 1 heterocycles. The Morgan fingerprint density at radius 1 is 1.53 bits per heavy atom. The maximum Gasteiger partial charge on any atom is 0.285 e. The largest absolute Gasteiger partial charge is 0.494 e. The zero-order valence-corrected chi connectivity index (χ0v) is 10.2. The Kier molecular flexibility index (Phi) is 3.09. The fraction of sp³-hybridized carbons (Fsp3) is 0.600. The van der Waals surface area contributed by atoms with Gasteiger partial charge in [-0.05, 0) is 28.8 Å². The minimum atomic E-state index is -0.0961. The molecule has 0 spiro atoms. The lowest BCUT2D eigenvalue weighted by Crippen LogP contribution is -2.26. The standard InChI is InChI=1S/C10H13BrN2O2/c1-15-8-6-12-13(10(14)9(8)11)7-4-2-3-5-7/h6-7H,2-5H2,1H3. The van der Waals surface area contributed by atoms with Crippen molar-refractivity contribution in [2.45, 2.75) is 31.7 Å². The average Bonchev–Trinajstić information content (AvgIpc) is 2.75. The van der Waals surface area contributed by atoms with Gasteiger partial charge in [0, 0.05) is 0 Å². The summed E-state index contributed by atoms with van der Waals surface area (Å²) in [6.45, 7) is 0. The van der Waals surface area contributed by atoms with Gasteiger partial charge < -0.3 is 4.74 Å².